The highest BCUT2D eigenvalue weighted by Gasteiger charge is 2.38. The Morgan fingerprint density at radius 3 is 1.58 bits per heavy atom. The molecule has 3 aromatic carbocycles. The maximum absolute atomic E-state index is 14.6. The van der Waals surface area contributed by atoms with Crippen molar-refractivity contribution in [3.8, 4) is 0 Å². The second-order valence-corrected chi connectivity index (χ2v) is 12.9. The van der Waals surface area contributed by atoms with Crippen molar-refractivity contribution in [3.63, 3.8) is 0 Å². The molecule has 0 aromatic heterocycles. The quantitative estimate of drug-likeness (QED) is 0.282. The Morgan fingerprint density at radius 1 is 0.622 bits per heavy atom. The summed E-state index contributed by atoms with van der Waals surface area (Å²) in [6.07, 6.45) is -1.78. The Kier molecular flexibility index (Phi) is 7.87. The fourth-order valence-electron chi connectivity index (χ4n) is 6.52. The van der Waals surface area contributed by atoms with Gasteiger partial charge in [0, 0.05) is 44.6 Å². The third kappa shape index (κ3) is 5.78. The predicted octanol–water partition coefficient (Wildman–Crippen LogP) is 7.85. The monoisotopic (exact) mass is 618 g/mol. The van der Waals surface area contributed by atoms with Gasteiger partial charge >= 0.3 is 6.18 Å². The van der Waals surface area contributed by atoms with Crippen LogP contribution in [0.3, 0.4) is 0 Å². The van der Waals surface area contributed by atoms with Gasteiger partial charge in [-0.3, -0.25) is 14.4 Å². The molecule has 3 aromatic rings. The topological polar surface area (TPSA) is 64.2 Å². The molecule has 3 aliphatic heterocycles. The molecule has 0 N–H and O–H groups in total. The van der Waals surface area contributed by atoms with Crippen LogP contribution in [0.15, 0.2) is 60.7 Å². The van der Waals surface area contributed by atoms with Gasteiger partial charge in [0.15, 0.2) is 0 Å². The van der Waals surface area contributed by atoms with Gasteiger partial charge in [0.2, 0.25) is 17.7 Å². The average molecular weight is 619 g/mol. The smallest absolute Gasteiger partial charge is 0.310 e. The molecule has 6 rings (SSSR count). The van der Waals surface area contributed by atoms with Crippen molar-refractivity contribution in [2.45, 2.75) is 70.9 Å². The van der Waals surface area contributed by atoms with Crippen molar-refractivity contribution in [3.05, 3.63) is 71.8 Å². The number of hydrogen-bond donors (Lipinski definition) is 0. The van der Waals surface area contributed by atoms with Crippen LogP contribution in [0.25, 0.3) is 0 Å². The molecule has 0 aliphatic carbocycles. The molecule has 0 saturated carbocycles. The second-order valence-electron chi connectivity index (χ2n) is 12.9. The lowest BCUT2D eigenvalue weighted by molar-refractivity contribution is -0.137. The van der Waals surface area contributed by atoms with E-state index in [0.29, 0.717) is 86.6 Å². The van der Waals surface area contributed by atoms with Gasteiger partial charge in [-0.05, 0) is 66.6 Å². The van der Waals surface area contributed by atoms with E-state index in [9.17, 15) is 27.6 Å². The van der Waals surface area contributed by atoms with Gasteiger partial charge in [-0.15, -0.1) is 0 Å². The van der Waals surface area contributed by atoms with Crippen LogP contribution in [-0.4, -0.2) is 37.4 Å². The summed E-state index contributed by atoms with van der Waals surface area (Å²) in [6, 6.07) is 16.2. The van der Waals surface area contributed by atoms with Crippen LogP contribution in [0.1, 0.15) is 70.4 Å². The summed E-state index contributed by atoms with van der Waals surface area (Å²) >= 11 is 0. The Hall–Kier alpha value is -4.34. The maximum Gasteiger partial charge on any atom is 0.418 e. The molecule has 236 valence electrons. The van der Waals surface area contributed by atoms with Crippen molar-refractivity contribution >= 4 is 51.8 Å². The number of rotatable bonds is 6. The summed E-state index contributed by atoms with van der Waals surface area (Å²) < 4.78 is 43.9. The number of nitrogens with zero attached hydrogens (tertiary/aromatic N) is 4. The minimum atomic E-state index is -4.67. The molecular formula is C35H37F3N4O3. The SMILES string of the molecule is CC(C)(C)c1ccc(N(c2cc(N3CCCC3=O)c(N3CCCC3=O)cc2N2CCCC2=O)c2ccccc2C(F)(F)F)cc1. The molecule has 0 unspecified atom stereocenters. The van der Waals surface area contributed by atoms with Gasteiger partial charge in [0.25, 0.3) is 0 Å². The molecule has 3 amide bonds. The maximum atomic E-state index is 14.6. The van der Waals surface area contributed by atoms with Crippen molar-refractivity contribution in [1.82, 2.24) is 0 Å². The molecule has 3 aliphatic rings. The highest BCUT2D eigenvalue weighted by atomic mass is 19.4. The van der Waals surface area contributed by atoms with E-state index in [4.69, 9.17) is 0 Å². The normalized spacial score (nSPS) is 17.6. The van der Waals surface area contributed by atoms with E-state index >= 15 is 0 Å². The minimum Gasteiger partial charge on any atom is -0.310 e. The third-order valence-corrected chi connectivity index (χ3v) is 8.85. The Bertz CT molecular complexity index is 1650. The minimum absolute atomic E-state index is 0.0913. The zero-order valence-electron chi connectivity index (χ0n) is 25.8. The number of para-hydroxylation sites is 1. The van der Waals surface area contributed by atoms with Gasteiger partial charge < -0.3 is 19.6 Å². The molecule has 45 heavy (non-hydrogen) atoms. The molecule has 0 bridgehead atoms. The van der Waals surface area contributed by atoms with Crippen molar-refractivity contribution in [2.24, 2.45) is 0 Å². The van der Waals surface area contributed by atoms with E-state index in [2.05, 4.69) is 20.8 Å². The first-order chi connectivity index (χ1) is 21.3. The van der Waals surface area contributed by atoms with Gasteiger partial charge in [0.05, 0.1) is 34.0 Å². The van der Waals surface area contributed by atoms with Crippen molar-refractivity contribution in [2.75, 3.05) is 39.2 Å². The summed E-state index contributed by atoms with van der Waals surface area (Å²) in [5, 5.41) is 0. The first kappa shape index (κ1) is 30.7. The van der Waals surface area contributed by atoms with E-state index in [1.807, 2.05) is 12.1 Å². The van der Waals surface area contributed by atoms with E-state index in [0.717, 1.165) is 11.6 Å². The first-order valence-electron chi connectivity index (χ1n) is 15.5. The fourth-order valence-corrected chi connectivity index (χ4v) is 6.52. The second kappa shape index (κ2) is 11.5. The molecule has 7 nitrogen and oxygen atoms in total. The van der Waals surface area contributed by atoms with E-state index in [1.165, 1.54) is 17.0 Å². The highest BCUT2D eigenvalue weighted by Crippen LogP contribution is 2.50. The number of amides is 3. The number of carbonyl (C=O) groups excluding carboxylic acids is 3. The molecule has 0 radical (unpaired) electrons. The van der Waals surface area contributed by atoms with Gasteiger partial charge in [-0.25, -0.2) is 0 Å². The van der Waals surface area contributed by atoms with E-state index in [1.54, 1.807) is 45.0 Å². The number of benzene rings is 3. The largest absolute Gasteiger partial charge is 0.418 e. The highest BCUT2D eigenvalue weighted by molar-refractivity contribution is 6.09. The molecule has 3 heterocycles. The van der Waals surface area contributed by atoms with E-state index < -0.39 is 11.7 Å². The van der Waals surface area contributed by atoms with Crippen molar-refractivity contribution in [1.29, 1.82) is 0 Å². The summed E-state index contributed by atoms with van der Waals surface area (Å²) in [6.45, 7) is 7.46. The van der Waals surface area contributed by atoms with Crippen LogP contribution in [0.2, 0.25) is 0 Å². The Morgan fingerprint density at radius 2 is 1.11 bits per heavy atom. The summed E-state index contributed by atoms with van der Waals surface area (Å²) in [7, 11) is 0. The Balaban J connectivity index is 1.67. The number of alkyl halides is 3. The molecule has 3 fully saturated rings. The number of carbonyl (C=O) groups is 3. The lowest BCUT2D eigenvalue weighted by atomic mass is 9.87. The van der Waals surface area contributed by atoms with Crippen molar-refractivity contribution < 1.29 is 27.6 Å². The van der Waals surface area contributed by atoms with Crippen LogP contribution >= 0.6 is 0 Å². The number of hydrogen-bond acceptors (Lipinski definition) is 4. The van der Waals surface area contributed by atoms with Crippen LogP contribution in [0, 0.1) is 0 Å². The van der Waals surface area contributed by atoms with Gasteiger partial charge in [-0.2, -0.15) is 13.2 Å². The Labute approximate surface area is 261 Å². The summed E-state index contributed by atoms with van der Waals surface area (Å²) in [4.78, 5) is 45.9. The zero-order valence-corrected chi connectivity index (χ0v) is 25.8. The van der Waals surface area contributed by atoms with Crippen LogP contribution < -0.4 is 19.6 Å². The molecule has 3 saturated heterocycles. The van der Waals surface area contributed by atoms with Gasteiger partial charge in [0.1, 0.15) is 0 Å². The molecular weight excluding hydrogens is 581 g/mol. The molecule has 0 spiro atoms. The van der Waals surface area contributed by atoms with Gasteiger partial charge in [-0.1, -0.05) is 45.0 Å². The third-order valence-electron chi connectivity index (χ3n) is 8.85. The number of anilines is 6. The molecule has 0 atom stereocenters. The fraction of sp³-hybridized carbons (Fsp3) is 0.400. The number of halogens is 3. The van der Waals surface area contributed by atoms with Crippen LogP contribution in [-0.2, 0) is 26.0 Å². The lowest BCUT2D eigenvalue weighted by Crippen LogP contribution is -2.32. The molecule has 10 heteroatoms. The standard InChI is InChI=1S/C35H37F3N4O3/c1-34(2,3)23-14-16-24(17-15-23)42(26-10-5-4-9-25(26)35(36,37)38)30-22-28(40-19-7-12-32(40)44)27(39-18-6-11-31(39)43)21-29(30)41-20-8-13-33(41)45/h4-5,9-10,14-17,21-22H,6-8,11-13,18-20H2,1-3H3. The summed E-state index contributed by atoms with van der Waals surface area (Å²) in [5.74, 6) is -0.353. The zero-order chi connectivity index (χ0) is 32.1. The predicted molar refractivity (Wildman–Crippen MR) is 170 cm³/mol. The summed E-state index contributed by atoms with van der Waals surface area (Å²) in [5.41, 5.74) is 2.04. The van der Waals surface area contributed by atoms with Crippen LogP contribution in [0.4, 0.5) is 47.3 Å². The lowest BCUT2D eigenvalue weighted by Gasteiger charge is -2.35. The average Bonchev–Trinajstić information content (AvgIpc) is 3.73. The first-order valence-corrected chi connectivity index (χ1v) is 15.5. The van der Waals surface area contributed by atoms with E-state index in [-0.39, 0.29) is 28.8 Å². The van der Waals surface area contributed by atoms with Crippen LogP contribution in [0.5, 0.6) is 0 Å².